The maximum atomic E-state index is 11.0. The van der Waals surface area contributed by atoms with E-state index in [1.165, 1.54) is 14.2 Å². The Morgan fingerprint density at radius 2 is 2.12 bits per heavy atom. The normalized spacial score (nSPS) is 9.94. The van der Waals surface area contributed by atoms with E-state index in [4.69, 9.17) is 22.1 Å². The minimum Gasteiger partial charge on any atom is -0.495 e. The molecule has 0 aromatic heterocycles. The van der Waals surface area contributed by atoms with E-state index in [0.29, 0.717) is 22.9 Å². The molecule has 0 bridgehead atoms. The van der Waals surface area contributed by atoms with Crippen molar-refractivity contribution in [1.82, 2.24) is 0 Å². The molecule has 16 heavy (non-hydrogen) atoms. The first-order chi connectivity index (χ1) is 7.60. The first kappa shape index (κ1) is 12.6. The van der Waals surface area contributed by atoms with Crippen LogP contribution in [0.5, 0.6) is 5.75 Å². The molecule has 0 aliphatic carbocycles. The molecule has 0 fully saturated rings. The summed E-state index contributed by atoms with van der Waals surface area (Å²) in [5.74, 6) is 0.257. The van der Waals surface area contributed by atoms with Gasteiger partial charge in [0.15, 0.2) is 0 Å². The van der Waals surface area contributed by atoms with Crippen LogP contribution in [0.25, 0.3) is 0 Å². The Balaban J connectivity index is 2.82. The van der Waals surface area contributed by atoms with Crippen molar-refractivity contribution in [3.63, 3.8) is 0 Å². The number of halogens is 1. The molecule has 88 valence electrons. The molecule has 4 nitrogen and oxygen atoms in total. The maximum Gasteiger partial charge on any atom is 0.305 e. The van der Waals surface area contributed by atoms with Crippen molar-refractivity contribution >= 4 is 23.3 Å². The summed E-state index contributed by atoms with van der Waals surface area (Å²) in [6.45, 7) is 0. The van der Waals surface area contributed by atoms with Gasteiger partial charge >= 0.3 is 5.97 Å². The minimum absolute atomic E-state index is 0.272. The standard InChI is InChI=1S/C11H14ClNO3/c1-15-8-5-3-7(11(13)10(8)12)4-6-9(14)16-2/h3,5H,4,6,13H2,1-2H3. The van der Waals surface area contributed by atoms with Gasteiger partial charge in [0.25, 0.3) is 0 Å². The van der Waals surface area contributed by atoms with E-state index in [1.54, 1.807) is 12.1 Å². The van der Waals surface area contributed by atoms with Gasteiger partial charge in [-0.2, -0.15) is 0 Å². The maximum absolute atomic E-state index is 11.0. The molecular formula is C11H14ClNO3. The Labute approximate surface area is 99.3 Å². The summed E-state index contributed by atoms with van der Waals surface area (Å²) in [5.41, 5.74) is 7.09. The van der Waals surface area contributed by atoms with Crippen LogP contribution in [0.4, 0.5) is 5.69 Å². The summed E-state index contributed by atoms with van der Waals surface area (Å²) in [5, 5.41) is 0.380. The van der Waals surface area contributed by atoms with Crippen LogP contribution in [0.2, 0.25) is 5.02 Å². The molecule has 1 rings (SSSR count). The highest BCUT2D eigenvalue weighted by molar-refractivity contribution is 6.34. The van der Waals surface area contributed by atoms with Crippen LogP contribution >= 0.6 is 11.6 Å². The third-order valence-corrected chi connectivity index (χ3v) is 2.67. The number of ether oxygens (including phenoxy) is 2. The Kier molecular flexibility index (Phi) is 4.43. The Morgan fingerprint density at radius 3 is 2.69 bits per heavy atom. The summed E-state index contributed by atoms with van der Waals surface area (Å²) >= 11 is 5.98. The van der Waals surface area contributed by atoms with E-state index in [-0.39, 0.29) is 12.4 Å². The smallest absolute Gasteiger partial charge is 0.305 e. The number of methoxy groups -OCH3 is 2. The van der Waals surface area contributed by atoms with Crippen molar-refractivity contribution in [2.45, 2.75) is 12.8 Å². The van der Waals surface area contributed by atoms with Crippen LogP contribution < -0.4 is 10.5 Å². The van der Waals surface area contributed by atoms with E-state index in [1.807, 2.05) is 0 Å². The number of anilines is 1. The molecule has 5 heteroatoms. The Bertz CT molecular complexity index is 393. The molecular weight excluding hydrogens is 230 g/mol. The van der Waals surface area contributed by atoms with Crippen molar-refractivity contribution in [2.75, 3.05) is 20.0 Å². The van der Waals surface area contributed by atoms with Gasteiger partial charge in [-0.1, -0.05) is 17.7 Å². The van der Waals surface area contributed by atoms with Crippen molar-refractivity contribution < 1.29 is 14.3 Å². The lowest BCUT2D eigenvalue weighted by Crippen LogP contribution is -2.04. The average Bonchev–Trinajstić information content (AvgIpc) is 2.30. The number of hydrogen-bond donors (Lipinski definition) is 1. The van der Waals surface area contributed by atoms with Gasteiger partial charge in [0.2, 0.25) is 0 Å². The zero-order valence-electron chi connectivity index (χ0n) is 9.25. The molecule has 0 spiro atoms. The fourth-order valence-corrected chi connectivity index (χ4v) is 1.59. The first-order valence-corrected chi connectivity index (χ1v) is 5.15. The van der Waals surface area contributed by atoms with Crippen LogP contribution in [0.1, 0.15) is 12.0 Å². The number of benzene rings is 1. The highest BCUT2D eigenvalue weighted by Crippen LogP contribution is 2.33. The molecule has 0 aliphatic heterocycles. The fourth-order valence-electron chi connectivity index (χ4n) is 1.33. The third-order valence-electron chi connectivity index (χ3n) is 2.28. The number of aryl methyl sites for hydroxylation is 1. The number of hydrogen-bond acceptors (Lipinski definition) is 4. The monoisotopic (exact) mass is 243 g/mol. The van der Waals surface area contributed by atoms with Crippen LogP contribution in [0, 0.1) is 0 Å². The minimum atomic E-state index is -0.272. The second-order valence-corrected chi connectivity index (χ2v) is 3.61. The van der Waals surface area contributed by atoms with E-state index >= 15 is 0 Å². The van der Waals surface area contributed by atoms with Crippen LogP contribution in [0.3, 0.4) is 0 Å². The van der Waals surface area contributed by atoms with Gasteiger partial charge in [-0.05, 0) is 18.1 Å². The lowest BCUT2D eigenvalue weighted by atomic mass is 10.1. The SMILES string of the molecule is COC(=O)CCc1ccc(OC)c(Cl)c1N. The summed E-state index contributed by atoms with van der Waals surface area (Å²) in [6.07, 6.45) is 0.783. The zero-order valence-corrected chi connectivity index (χ0v) is 10.0. The van der Waals surface area contributed by atoms with Crippen molar-refractivity contribution in [1.29, 1.82) is 0 Å². The second-order valence-electron chi connectivity index (χ2n) is 3.23. The van der Waals surface area contributed by atoms with Crippen molar-refractivity contribution in [3.8, 4) is 5.75 Å². The van der Waals surface area contributed by atoms with Crippen LogP contribution in [-0.2, 0) is 16.0 Å². The lowest BCUT2D eigenvalue weighted by molar-refractivity contribution is -0.140. The van der Waals surface area contributed by atoms with Crippen LogP contribution in [0.15, 0.2) is 12.1 Å². The Morgan fingerprint density at radius 1 is 1.44 bits per heavy atom. The lowest BCUT2D eigenvalue weighted by Gasteiger charge is -2.10. The van der Waals surface area contributed by atoms with Crippen LogP contribution in [-0.4, -0.2) is 20.2 Å². The van der Waals surface area contributed by atoms with E-state index < -0.39 is 0 Å². The topological polar surface area (TPSA) is 61.5 Å². The van der Waals surface area contributed by atoms with Crippen molar-refractivity contribution in [3.05, 3.63) is 22.7 Å². The number of nitrogens with two attached hydrogens (primary N) is 1. The fraction of sp³-hybridized carbons (Fsp3) is 0.364. The molecule has 0 radical (unpaired) electrons. The second kappa shape index (κ2) is 5.61. The quantitative estimate of drug-likeness (QED) is 0.649. The summed E-state index contributed by atoms with van der Waals surface area (Å²) in [6, 6.07) is 3.52. The zero-order chi connectivity index (χ0) is 12.1. The largest absolute Gasteiger partial charge is 0.495 e. The molecule has 0 saturated heterocycles. The molecule has 1 aromatic rings. The van der Waals surface area contributed by atoms with Gasteiger partial charge in [0, 0.05) is 6.42 Å². The highest BCUT2D eigenvalue weighted by atomic mass is 35.5. The summed E-state index contributed by atoms with van der Waals surface area (Å²) in [7, 11) is 2.88. The van der Waals surface area contributed by atoms with Gasteiger partial charge < -0.3 is 15.2 Å². The molecule has 1 aromatic carbocycles. The average molecular weight is 244 g/mol. The van der Waals surface area contributed by atoms with E-state index in [9.17, 15) is 4.79 Å². The van der Waals surface area contributed by atoms with Gasteiger partial charge in [-0.3, -0.25) is 4.79 Å². The number of esters is 1. The molecule has 2 N–H and O–H groups in total. The number of rotatable bonds is 4. The highest BCUT2D eigenvalue weighted by Gasteiger charge is 2.10. The van der Waals surface area contributed by atoms with Crippen molar-refractivity contribution in [2.24, 2.45) is 0 Å². The van der Waals surface area contributed by atoms with Gasteiger partial charge in [-0.25, -0.2) is 0 Å². The molecule has 0 heterocycles. The molecule has 0 atom stereocenters. The Hall–Kier alpha value is -1.42. The molecule has 0 aliphatic rings. The number of carbonyl (C=O) groups excluding carboxylic acids is 1. The van der Waals surface area contributed by atoms with E-state index in [2.05, 4.69) is 4.74 Å². The van der Waals surface area contributed by atoms with E-state index in [0.717, 1.165) is 5.56 Å². The number of carbonyl (C=O) groups is 1. The van der Waals surface area contributed by atoms with Gasteiger partial charge in [0.1, 0.15) is 10.8 Å². The number of nitrogen functional groups attached to an aromatic ring is 1. The molecule has 0 amide bonds. The van der Waals surface area contributed by atoms with Gasteiger partial charge in [-0.15, -0.1) is 0 Å². The third kappa shape index (κ3) is 2.79. The predicted molar refractivity (Wildman–Crippen MR) is 62.8 cm³/mol. The summed E-state index contributed by atoms with van der Waals surface area (Å²) in [4.78, 5) is 11.0. The predicted octanol–water partition coefficient (Wildman–Crippen LogP) is 2.04. The van der Waals surface area contributed by atoms with Gasteiger partial charge in [0.05, 0.1) is 19.9 Å². The molecule has 0 saturated carbocycles. The summed E-state index contributed by atoms with van der Waals surface area (Å²) < 4.78 is 9.57. The first-order valence-electron chi connectivity index (χ1n) is 4.77. The molecule has 0 unspecified atom stereocenters.